The van der Waals surface area contributed by atoms with E-state index >= 15 is 0 Å². The molecule has 1 aromatic heterocycles. The van der Waals surface area contributed by atoms with Crippen LogP contribution in [0, 0.1) is 0 Å². The molecule has 0 atom stereocenters. The standard InChI is InChI=1S/C15H11N3O3/c1-10(19)21-14-9-5-2-6-11(14)15(20)18-13-8-4-3-7-12(13)16-17-18/h2-9H,1H3. The molecule has 104 valence electrons. The number of hydrogen-bond acceptors (Lipinski definition) is 5. The first-order valence-electron chi connectivity index (χ1n) is 6.29. The van der Waals surface area contributed by atoms with Crippen LogP contribution in [-0.4, -0.2) is 26.9 Å². The van der Waals surface area contributed by atoms with Gasteiger partial charge in [-0.05, 0) is 24.3 Å². The third-order valence-corrected chi connectivity index (χ3v) is 2.92. The van der Waals surface area contributed by atoms with Crippen LogP contribution < -0.4 is 4.74 Å². The second kappa shape index (κ2) is 5.16. The molecule has 1 heterocycles. The number of rotatable bonds is 2. The molecule has 0 radical (unpaired) electrons. The van der Waals surface area contributed by atoms with Gasteiger partial charge in [0.05, 0.1) is 11.1 Å². The number of nitrogens with zero attached hydrogens (tertiary/aromatic N) is 3. The van der Waals surface area contributed by atoms with Crippen molar-refractivity contribution >= 4 is 22.9 Å². The van der Waals surface area contributed by atoms with Crippen LogP contribution in [0.3, 0.4) is 0 Å². The number of fused-ring (bicyclic) bond motifs is 1. The van der Waals surface area contributed by atoms with Crippen LogP contribution >= 0.6 is 0 Å². The molecule has 2 aromatic carbocycles. The minimum atomic E-state index is -0.487. The van der Waals surface area contributed by atoms with Gasteiger partial charge >= 0.3 is 5.97 Å². The van der Waals surface area contributed by atoms with E-state index in [1.807, 2.05) is 6.07 Å². The lowest BCUT2D eigenvalue weighted by Crippen LogP contribution is -2.16. The number of hydrogen-bond donors (Lipinski definition) is 0. The number of esters is 1. The van der Waals surface area contributed by atoms with Gasteiger partial charge in [-0.2, -0.15) is 4.68 Å². The first-order chi connectivity index (χ1) is 10.2. The maximum atomic E-state index is 12.6. The summed E-state index contributed by atoms with van der Waals surface area (Å²) < 4.78 is 6.25. The lowest BCUT2D eigenvalue weighted by molar-refractivity contribution is -0.131. The fourth-order valence-corrected chi connectivity index (χ4v) is 2.02. The minimum absolute atomic E-state index is 0.203. The third-order valence-electron chi connectivity index (χ3n) is 2.92. The Kier molecular flexibility index (Phi) is 3.19. The molecule has 3 rings (SSSR count). The van der Waals surface area contributed by atoms with Crippen LogP contribution in [-0.2, 0) is 4.79 Å². The molecule has 0 aliphatic heterocycles. The van der Waals surface area contributed by atoms with E-state index in [9.17, 15) is 9.59 Å². The van der Waals surface area contributed by atoms with E-state index < -0.39 is 11.9 Å². The van der Waals surface area contributed by atoms with E-state index in [1.165, 1.54) is 11.6 Å². The number of para-hydroxylation sites is 2. The van der Waals surface area contributed by atoms with Crippen LogP contribution in [0.1, 0.15) is 17.3 Å². The zero-order valence-electron chi connectivity index (χ0n) is 11.2. The largest absolute Gasteiger partial charge is 0.426 e. The van der Waals surface area contributed by atoms with Gasteiger partial charge in [-0.15, -0.1) is 5.10 Å². The summed E-state index contributed by atoms with van der Waals surface area (Å²) in [7, 11) is 0. The van der Waals surface area contributed by atoms with Gasteiger partial charge in [0.2, 0.25) is 0 Å². The summed E-state index contributed by atoms with van der Waals surface area (Å²) in [6.07, 6.45) is 0. The summed E-state index contributed by atoms with van der Waals surface area (Å²) in [4.78, 5) is 23.7. The second-order valence-corrected chi connectivity index (χ2v) is 4.38. The lowest BCUT2D eigenvalue weighted by Gasteiger charge is -2.07. The fraction of sp³-hybridized carbons (Fsp3) is 0.0667. The number of aromatic nitrogens is 3. The summed E-state index contributed by atoms with van der Waals surface area (Å²) in [6, 6.07) is 13.7. The maximum Gasteiger partial charge on any atom is 0.308 e. The highest BCUT2D eigenvalue weighted by molar-refractivity contribution is 6.02. The zero-order valence-corrected chi connectivity index (χ0v) is 11.2. The lowest BCUT2D eigenvalue weighted by atomic mass is 10.2. The molecule has 0 amide bonds. The smallest absolute Gasteiger partial charge is 0.308 e. The average Bonchev–Trinajstić information content (AvgIpc) is 2.90. The van der Waals surface area contributed by atoms with Crippen LogP contribution in [0.15, 0.2) is 48.5 Å². The van der Waals surface area contributed by atoms with Crippen LogP contribution in [0.2, 0.25) is 0 Å². The van der Waals surface area contributed by atoms with Crippen LogP contribution in [0.25, 0.3) is 11.0 Å². The number of benzene rings is 2. The van der Waals surface area contributed by atoms with Crippen LogP contribution in [0.4, 0.5) is 0 Å². The van der Waals surface area contributed by atoms with Crippen molar-refractivity contribution in [3.8, 4) is 5.75 Å². The molecule has 0 fully saturated rings. The van der Waals surface area contributed by atoms with E-state index in [4.69, 9.17) is 4.74 Å². The van der Waals surface area contributed by atoms with E-state index in [-0.39, 0.29) is 11.3 Å². The van der Waals surface area contributed by atoms with E-state index in [0.717, 1.165) is 0 Å². The molecule has 0 aliphatic rings. The third kappa shape index (κ3) is 2.38. The second-order valence-electron chi connectivity index (χ2n) is 4.38. The Labute approximate surface area is 119 Å². The number of ether oxygens (including phenoxy) is 1. The highest BCUT2D eigenvalue weighted by Gasteiger charge is 2.18. The van der Waals surface area contributed by atoms with Gasteiger partial charge in [0.15, 0.2) is 0 Å². The molecule has 6 heteroatoms. The summed E-state index contributed by atoms with van der Waals surface area (Å²) in [5, 5.41) is 7.81. The van der Waals surface area contributed by atoms with Crippen molar-refractivity contribution in [3.05, 3.63) is 54.1 Å². The van der Waals surface area contributed by atoms with Gasteiger partial charge in [-0.3, -0.25) is 9.59 Å². The first-order valence-corrected chi connectivity index (χ1v) is 6.29. The molecule has 0 bridgehead atoms. The molecule has 0 spiro atoms. The molecule has 0 saturated heterocycles. The summed E-state index contributed by atoms with van der Waals surface area (Å²) in [5.41, 5.74) is 1.47. The summed E-state index contributed by atoms with van der Waals surface area (Å²) in [5.74, 6) is -0.686. The topological polar surface area (TPSA) is 74.1 Å². The Morgan fingerprint density at radius 3 is 2.57 bits per heavy atom. The number of carbonyl (C=O) groups is 2. The monoisotopic (exact) mass is 281 g/mol. The Balaban J connectivity index is 2.08. The van der Waals surface area contributed by atoms with E-state index in [2.05, 4.69) is 10.3 Å². The molecule has 6 nitrogen and oxygen atoms in total. The van der Waals surface area contributed by atoms with Crippen LogP contribution in [0.5, 0.6) is 5.75 Å². The van der Waals surface area contributed by atoms with Crippen molar-refractivity contribution in [2.24, 2.45) is 0 Å². The van der Waals surface area contributed by atoms with Crippen molar-refractivity contribution in [1.29, 1.82) is 0 Å². The predicted octanol–water partition coefficient (Wildman–Crippen LogP) is 2.05. The van der Waals surface area contributed by atoms with Crippen molar-refractivity contribution in [2.45, 2.75) is 6.92 Å². The summed E-state index contributed by atoms with van der Waals surface area (Å²) in [6.45, 7) is 1.28. The normalized spacial score (nSPS) is 10.5. The molecule has 0 saturated carbocycles. The fourth-order valence-electron chi connectivity index (χ4n) is 2.02. The van der Waals surface area contributed by atoms with Gasteiger partial charge in [-0.1, -0.05) is 29.5 Å². The zero-order chi connectivity index (χ0) is 14.8. The molecule has 0 aliphatic carbocycles. The maximum absolute atomic E-state index is 12.6. The van der Waals surface area contributed by atoms with Crippen molar-refractivity contribution in [2.75, 3.05) is 0 Å². The van der Waals surface area contributed by atoms with Gasteiger partial charge in [0.1, 0.15) is 11.3 Å². The SMILES string of the molecule is CC(=O)Oc1ccccc1C(=O)n1nnc2ccccc21. The van der Waals surface area contributed by atoms with Gasteiger partial charge in [0, 0.05) is 6.92 Å². The molecule has 21 heavy (non-hydrogen) atoms. The Bertz CT molecular complexity index is 839. The minimum Gasteiger partial charge on any atom is -0.426 e. The Hall–Kier alpha value is -3.02. The molecule has 0 N–H and O–H groups in total. The van der Waals surface area contributed by atoms with Crippen molar-refractivity contribution < 1.29 is 14.3 Å². The molecular weight excluding hydrogens is 270 g/mol. The Morgan fingerprint density at radius 1 is 1.05 bits per heavy atom. The highest BCUT2D eigenvalue weighted by Crippen LogP contribution is 2.21. The molecule has 3 aromatic rings. The van der Waals surface area contributed by atoms with E-state index in [0.29, 0.717) is 11.0 Å². The van der Waals surface area contributed by atoms with Gasteiger partial charge in [0.25, 0.3) is 5.91 Å². The quantitative estimate of drug-likeness (QED) is 0.531. The average molecular weight is 281 g/mol. The van der Waals surface area contributed by atoms with E-state index in [1.54, 1.807) is 42.5 Å². The highest BCUT2D eigenvalue weighted by atomic mass is 16.5. The Morgan fingerprint density at radius 2 is 1.76 bits per heavy atom. The predicted molar refractivity (Wildman–Crippen MR) is 75.0 cm³/mol. The van der Waals surface area contributed by atoms with Crippen molar-refractivity contribution in [1.82, 2.24) is 15.0 Å². The van der Waals surface area contributed by atoms with Gasteiger partial charge in [-0.25, -0.2) is 0 Å². The molecule has 0 unspecified atom stereocenters. The number of carbonyl (C=O) groups excluding carboxylic acids is 2. The molecular formula is C15H11N3O3. The summed E-state index contributed by atoms with van der Waals surface area (Å²) >= 11 is 0. The van der Waals surface area contributed by atoms with Crippen molar-refractivity contribution in [3.63, 3.8) is 0 Å². The first kappa shape index (κ1) is 13.0. The van der Waals surface area contributed by atoms with Gasteiger partial charge < -0.3 is 4.74 Å².